The molecular weight excluding hydrogens is 344 g/mol. The van der Waals surface area contributed by atoms with Gasteiger partial charge in [0.15, 0.2) is 0 Å². The minimum atomic E-state index is -3.60. The van der Waals surface area contributed by atoms with E-state index >= 15 is 0 Å². The minimum absolute atomic E-state index is 0.198. The monoisotopic (exact) mass is 362 g/mol. The van der Waals surface area contributed by atoms with Gasteiger partial charge in [-0.05, 0) is 32.0 Å². The lowest BCUT2D eigenvalue weighted by Gasteiger charge is -2.41. The van der Waals surface area contributed by atoms with Crippen LogP contribution >= 0.6 is 15.9 Å². The van der Waals surface area contributed by atoms with Gasteiger partial charge in [-0.25, -0.2) is 8.42 Å². The third-order valence-corrected chi connectivity index (χ3v) is 6.04. The summed E-state index contributed by atoms with van der Waals surface area (Å²) in [5.41, 5.74) is -0.468. The molecule has 1 heterocycles. The Morgan fingerprint density at radius 2 is 2.10 bits per heavy atom. The van der Waals surface area contributed by atoms with Crippen molar-refractivity contribution in [2.75, 3.05) is 26.7 Å². The maximum atomic E-state index is 12.9. The second kappa shape index (κ2) is 5.63. The number of hydrogen-bond acceptors (Lipinski definition) is 4. The van der Waals surface area contributed by atoms with Crippen LogP contribution in [0.4, 0.5) is 0 Å². The average molecular weight is 363 g/mol. The molecule has 1 aromatic carbocycles. The normalized spacial score (nSPS) is 19.8. The first-order chi connectivity index (χ1) is 9.29. The van der Waals surface area contributed by atoms with E-state index in [-0.39, 0.29) is 4.90 Å². The summed E-state index contributed by atoms with van der Waals surface area (Å²) in [6, 6.07) is 5.01. The Labute approximate surface area is 128 Å². The topological polar surface area (TPSA) is 58.6 Å². The number of piperazine rings is 1. The summed E-state index contributed by atoms with van der Waals surface area (Å²) in [7, 11) is -2.12. The highest BCUT2D eigenvalue weighted by molar-refractivity contribution is 9.10. The molecule has 0 aliphatic carbocycles. The summed E-state index contributed by atoms with van der Waals surface area (Å²) in [5.74, 6) is 0.363. The highest BCUT2D eigenvalue weighted by Crippen LogP contribution is 2.33. The second-order valence-electron chi connectivity index (χ2n) is 5.36. The van der Waals surface area contributed by atoms with Gasteiger partial charge in [-0.1, -0.05) is 15.9 Å². The fraction of sp³-hybridized carbons (Fsp3) is 0.538. The summed E-state index contributed by atoms with van der Waals surface area (Å²) in [5, 5.41) is 3.22. The van der Waals surface area contributed by atoms with Crippen LogP contribution in [-0.2, 0) is 10.0 Å². The first kappa shape index (κ1) is 15.8. The molecule has 1 aliphatic heterocycles. The molecule has 1 saturated heterocycles. The molecule has 0 atom stereocenters. The number of hydrogen-bond donors (Lipinski definition) is 1. The van der Waals surface area contributed by atoms with Crippen molar-refractivity contribution in [3.8, 4) is 5.75 Å². The summed E-state index contributed by atoms with van der Waals surface area (Å²) >= 11 is 3.32. The number of nitrogens with zero attached hydrogens (tertiary/aromatic N) is 1. The van der Waals surface area contributed by atoms with E-state index < -0.39 is 15.6 Å². The molecule has 7 heteroatoms. The Bertz CT molecular complexity index is 602. The Hall–Kier alpha value is -0.630. The molecule has 0 amide bonds. The van der Waals surface area contributed by atoms with Crippen molar-refractivity contribution in [1.82, 2.24) is 9.62 Å². The fourth-order valence-electron chi connectivity index (χ4n) is 2.38. The van der Waals surface area contributed by atoms with Gasteiger partial charge in [-0.3, -0.25) is 0 Å². The maximum Gasteiger partial charge on any atom is 0.247 e. The lowest BCUT2D eigenvalue weighted by atomic mass is 10.0. The lowest BCUT2D eigenvalue weighted by Crippen LogP contribution is -2.59. The van der Waals surface area contributed by atoms with Gasteiger partial charge in [0.1, 0.15) is 10.6 Å². The van der Waals surface area contributed by atoms with Crippen LogP contribution < -0.4 is 10.1 Å². The third kappa shape index (κ3) is 2.86. The van der Waals surface area contributed by atoms with Gasteiger partial charge in [0.05, 0.1) is 7.11 Å². The molecule has 1 fully saturated rings. The van der Waals surface area contributed by atoms with Crippen molar-refractivity contribution >= 4 is 26.0 Å². The highest BCUT2D eigenvalue weighted by atomic mass is 79.9. The molecule has 1 aliphatic rings. The Morgan fingerprint density at radius 1 is 1.40 bits per heavy atom. The van der Waals surface area contributed by atoms with Crippen molar-refractivity contribution in [2.24, 2.45) is 0 Å². The zero-order valence-electron chi connectivity index (χ0n) is 11.8. The van der Waals surface area contributed by atoms with E-state index in [1.165, 1.54) is 7.11 Å². The summed E-state index contributed by atoms with van der Waals surface area (Å²) < 4.78 is 33.3. The van der Waals surface area contributed by atoms with Gasteiger partial charge >= 0.3 is 0 Å². The van der Waals surface area contributed by atoms with E-state index in [0.717, 1.165) is 0 Å². The van der Waals surface area contributed by atoms with E-state index in [0.29, 0.717) is 29.9 Å². The van der Waals surface area contributed by atoms with Crippen molar-refractivity contribution in [2.45, 2.75) is 24.3 Å². The maximum absolute atomic E-state index is 12.9. The van der Waals surface area contributed by atoms with E-state index in [1.54, 1.807) is 22.5 Å². The van der Waals surface area contributed by atoms with Gasteiger partial charge in [0.2, 0.25) is 10.0 Å². The molecular formula is C13H19BrN2O3S. The van der Waals surface area contributed by atoms with Crippen LogP contribution in [0.3, 0.4) is 0 Å². The molecule has 112 valence electrons. The standard InChI is InChI=1S/C13H19BrN2O3S/c1-13(2)9-15-6-7-16(13)20(17,18)12-8-10(14)4-5-11(12)19-3/h4-5,8,15H,6-7,9H2,1-3H3. The van der Waals surface area contributed by atoms with Crippen molar-refractivity contribution in [1.29, 1.82) is 0 Å². The largest absolute Gasteiger partial charge is 0.495 e. The second-order valence-corrected chi connectivity index (χ2v) is 8.11. The van der Waals surface area contributed by atoms with Crippen LogP contribution in [0.15, 0.2) is 27.6 Å². The van der Waals surface area contributed by atoms with E-state index in [1.807, 2.05) is 13.8 Å². The van der Waals surface area contributed by atoms with Crippen molar-refractivity contribution in [3.05, 3.63) is 22.7 Å². The Balaban J connectivity index is 2.52. The lowest BCUT2D eigenvalue weighted by molar-refractivity contribution is 0.185. The molecule has 5 nitrogen and oxygen atoms in total. The number of nitrogens with one attached hydrogen (secondary N) is 1. The molecule has 0 aromatic heterocycles. The molecule has 0 spiro atoms. The molecule has 0 bridgehead atoms. The van der Waals surface area contributed by atoms with Gasteiger partial charge in [0, 0.05) is 29.6 Å². The zero-order chi connectivity index (χ0) is 15.0. The first-order valence-corrected chi connectivity index (χ1v) is 8.59. The molecule has 0 saturated carbocycles. The van der Waals surface area contributed by atoms with Crippen LogP contribution in [0.2, 0.25) is 0 Å². The molecule has 1 aromatic rings. The predicted octanol–water partition coefficient (Wildman–Crippen LogP) is 1.83. The predicted molar refractivity (Wildman–Crippen MR) is 81.5 cm³/mol. The zero-order valence-corrected chi connectivity index (χ0v) is 14.2. The van der Waals surface area contributed by atoms with Crippen LogP contribution in [0.1, 0.15) is 13.8 Å². The average Bonchev–Trinajstić information content (AvgIpc) is 2.37. The quantitative estimate of drug-likeness (QED) is 0.890. The van der Waals surface area contributed by atoms with E-state index in [2.05, 4.69) is 21.2 Å². The number of rotatable bonds is 3. The molecule has 0 unspecified atom stereocenters. The smallest absolute Gasteiger partial charge is 0.247 e. The highest BCUT2D eigenvalue weighted by Gasteiger charge is 2.40. The summed E-state index contributed by atoms with van der Waals surface area (Å²) in [6.07, 6.45) is 0. The van der Waals surface area contributed by atoms with Crippen LogP contribution in [0.5, 0.6) is 5.75 Å². The van der Waals surface area contributed by atoms with Crippen molar-refractivity contribution < 1.29 is 13.2 Å². The van der Waals surface area contributed by atoms with Crippen LogP contribution in [-0.4, -0.2) is 45.0 Å². The van der Waals surface area contributed by atoms with Crippen LogP contribution in [0.25, 0.3) is 0 Å². The summed E-state index contributed by atoms with van der Waals surface area (Å²) in [6.45, 7) is 5.56. The van der Waals surface area contributed by atoms with E-state index in [9.17, 15) is 8.42 Å². The minimum Gasteiger partial charge on any atom is -0.495 e. The van der Waals surface area contributed by atoms with Gasteiger partial charge in [-0.15, -0.1) is 0 Å². The number of ether oxygens (including phenoxy) is 1. The molecule has 2 rings (SSSR count). The molecule has 0 radical (unpaired) electrons. The fourth-order valence-corrected chi connectivity index (χ4v) is 4.86. The third-order valence-electron chi connectivity index (χ3n) is 3.42. The first-order valence-electron chi connectivity index (χ1n) is 6.36. The number of benzene rings is 1. The molecule has 20 heavy (non-hydrogen) atoms. The number of halogens is 1. The van der Waals surface area contributed by atoms with Gasteiger partial charge in [-0.2, -0.15) is 4.31 Å². The SMILES string of the molecule is COc1ccc(Br)cc1S(=O)(=O)N1CCNCC1(C)C. The Kier molecular flexibility index (Phi) is 4.44. The summed E-state index contributed by atoms with van der Waals surface area (Å²) in [4.78, 5) is 0.198. The van der Waals surface area contributed by atoms with Crippen LogP contribution in [0, 0.1) is 0 Å². The van der Waals surface area contributed by atoms with Gasteiger partial charge < -0.3 is 10.1 Å². The Morgan fingerprint density at radius 3 is 2.70 bits per heavy atom. The number of methoxy groups -OCH3 is 1. The van der Waals surface area contributed by atoms with Gasteiger partial charge in [0.25, 0.3) is 0 Å². The number of sulfonamides is 1. The van der Waals surface area contributed by atoms with E-state index in [4.69, 9.17) is 4.74 Å². The van der Waals surface area contributed by atoms with Crippen molar-refractivity contribution in [3.63, 3.8) is 0 Å². The molecule has 1 N–H and O–H groups in total.